The van der Waals surface area contributed by atoms with Crippen molar-refractivity contribution in [1.82, 2.24) is 10.2 Å². The molecule has 1 unspecified atom stereocenters. The summed E-state index contributed by atoms with van der Waals surface area (Å²) in [4.78, 5) is 37.7. The van der Waals surface area contributed by atoms with Gasteiger partial charge in [0.1, 0.15) is 6.04 Å². The molecule has 3 amide bonds. The molecule has 5 heteroatoms. The number of piperidine rings is 1. The number of hydrogen-bond donors (Lipinski definition) is 1. The number of carbonyl (C=O) groups excluding carboxylic acids is 3. The molecule has 1 saturated heterocycles. The number of rotatable bonds is 2. The molecule has 0 radical (unpaired) electrons. The van der Waals surface area contributed by atoms with Gasteiger partial charge in [0.05, 0.1) is 0 Å². The molecule has 3 rings (SSSR count). The number of hydrogen-bond acceptors (Lipinski definition) is 3. The van der Waals surface area contributed by atoms with E-state index in [0.29, 0.717) is 18.5 Å². The van der Waals surface area contributed by atoms with Gasteiger partial charge in [0.25, 0.3) is 5.91 Å². The average molecular weight is 326 g/mol. The molecule has 1 atom stereocenters. The predicted octanol–water partition coefficient (Wildman–Crippen LogP) is 2.51. The van der Waals surface area contributed by atoms with Crippen LogP contribution in [0.15, 0.2) is 24.3 Å². The van der Waals surface area contributed by atoms with E-state index in [1.54, 1.807) is 11.0 Å². The quantitative estimate of drug-likeness (QED) is 0.849. The van der Waals surface area contributed by atoms with Crippen LogP contribution >= 0.6 is 0 Å². The summed E-state index contributed by atoms with van der Waals surface area (Å²) in [5, 5.41) is 2.33. The lowest BCUT2D eigenvalue weighted by molar-refractivity contribution is -0.136. The maximum Gasteiger partial charge on any atom is 0.255 e. The molecule has 2 heterocycles. The Morgan fingerprint density at radius 2 is 1.96 bits per heavy atom. The normalized spacial score (nSPS) is 21.4. The minimum Gasteiger partial charge on any atom is -0.322 e. The number of nitrogens with zero attached hydrogens (tertiary/aromatic N) is 1. The lowest BCUT2D eigenvalue weighted by atomic mass is 9.94. The molecule has 1 aromatic rings. The van der Waals surface area contributed by atoms with Crippen molar-refractivity contribution >= 4 is 23.8 Å². The predicted molar refractivity (Wildman–Crippen MR) is 91.0 cm³/mol. The highest BCUT2D eigenvalue weighted by atomic mass is 16.2. The van der Waals surface area contributed by atoms with Crippen LogP contribution in [0.3, 0.4) is 0 Å². The highest BCUT2D eigenvalue weighted by Gasteiger charge is 2.39. The van der Waals surface area contributed by atoms with Gasteiger partial charge in [-0.3, -0.25) is 19.7 Å². The first-order valence-electron chi connectivity index (χ1n) is 8.22. The van der Waals surface area contributed by atoms with E-state index in [4.69, 9.17) is 0 Å². The molecule has 24 heavy (non-hydrogen) atoms. The van der Waals surface area contributed by atoms with Gasteiger partial charge in [0.2, 0.25) is 11.8 Å². The van der Waals surface area contributed by atoms with Crippen molar-refractivity contribution in [2.45, 2.75) is 46.2 Å². The molecule has 1 N–H and O–H groups in total. The first kappa shape index (κ1) is 16.4. The minimum atomic E-state index is -0.568. The van der Waals surface area contributed by atoms with E-state index < -0.39 is 6.04 Å². The topological polar surface area (TPSA) is 66.5 Å². The number of carbonyl (C=O) groups is 3. The number of nitrogens with one attached hydrogen (secondary N) is 1. The molecular formula is C19H22N2O3. The van der Waals surface area contributed by atoms with Crippen LogP contribution in [0.1, 0.15) is 55.1 Å². The third-order valence-electron chi connectivity index (χ3n) is 4.38. The molecule has 0 saturated carbocycles. The summed E-state index contributed by atoms with van der Waals surface area (Å²) < 4.78 is 0. The highest BCUT2D eigenvalue weighted by Crippen LogP contribution is 2.31. The third kappa shape index (κ3) is 3.11. The SMILES string of the molecule is CC(C)(C)C=Cc1cccc2c1CN(C1CCC(=O)NC1=O)C2=O. The van der Waals surface area contributed by atoms with Gasteiger partial charge in [-0.2, -0.15) is 0 Å². The second kappa shape index (κ2) is 5.89. The van der Waals surface area contributed by atoms with E-state index in [1.807, 2.05) is 18.2 Å². The van der Waals surface area contributed by atoms with Crippen LogP contribution in [0, 0.1) is 5.41 Å². The van der Waals surface area contributed by atoms with Crippen LogP contribution < -0.4 is 5.32 Å². The largest absolute Gasteiger partial charge is 0.322 e. The maximum absolute atomic E-state index is 12.7. The number of amides is 3. The van der Waals surface area contributed by atoms with E-state index in [0.717, 1.165) is 11.1 Å². The summed E-state index contributed by atoms with van der Waals surface area (Å²) >= 11 is 0. The van der Waals surface area contributed by atoms with Gasteiger partial charge in [-0.05, 0) is 29.0 Å². The van der Waals surface area contributed by atoms with Crippen molar-refractivity contribution < 1.29 is 14.4 Å². The molecule has 2 aliphatic rings. The van der Waals surface area contributed by atoms with Crippen molar-refractivity contribution in [3.8, 4) is 0 Å². The van der Waals surface area contributed by atoms with Gasteiger partial charge >= 0.3 is 0 Å². The first-order chi connectivity index (χ1) is 11.3. The molecule has 126 valence electrons. The van der Waals surface area contributed by atoms with Crippen LogP contribution in [-0.4, -0.2) is 28.7 Å². The Balaban J connectivity index is 1.89. The first-order valence-corrected chi connectivity index (χ1v) is 8.22. The monoisotopic (exact) mass is 326 g/mol. The van der Waals surface area contributed by atoms with Gasteiger partial charge in [-0.25, -0.2) is 0 Å². The van der Waals surface area contributed by atoms with Crippen molar-refractivity contribution in [1.29, 1.82) is 0 Å². The summed E-state index contributed by atoms with van der Waals surface area (Å²) in [5.41, 5.74) is 2.66. The Morgan fingerprint density at radius 3 is 2.62 bits per heavy atom. The van der Waals surface area contributed by atoms with Gasteiger partial charge in [0.15, 0.2) is 0 Å². The Morgan fingerprint density at radius 1 is 1.21 bits per heavy atom. The van der Waals surface area contributed by atoms with E-state index >= 15 is 0 Å². The van der Waals surface area contributed by atoms with Crippen molar-refractivity contribution in [2.24, 2.45) is 5.41 Å². The number of fused-ring (bicyclic) bond motifs is 1. The Hall–Kier alpha value is -2.43. The molecule has 0 aliphatic carbocycles. The second-order valence-electron chi connectivity index (χ2n) is 7.47. The zero-order chi connectivity index (χ0) is 17.5. The van der Waals surface area contributed by atoms with E-state index in [-0.39, 0.29) is 29.6 Å². The van der Waals surface area contributed by atoms with Gasteiger partial charge in [-0.15, -0.1) is 0 Å². The van der Waals surface area contributed by atoms with Gasteiger partial charge < -0.3 is 4.90 Å². The lowest BCUT2D eigenvalue weighted by Crippen LogP contribution is -2.52. The molecule has 0 aromatic heterocycles. The van der Waals surface area contributed by atoms with Crippen LogP contribution in [0.25, 0.3) is 6.08 Å². The van der Waals surface area contributed by atoms with Crippen LogP contribution in [0.5, 0.6) is 0 Å². The molecule has 0 bridgehead atoms. The lowest BCUT2D eigenvalue weighted by Gasteiger charge is -2.29. The standard InChI is InChI=1S/C19H22N2O3/c1-19(2,3)10-9-12-5-4-6-13-14(12)11-21(18(13)24)15-7-8-16(22)20-17(15)23/h4-6,9-10,15H,7-8,11H2,1-3H3,(H,20,22,23). The fraction of sp³-hybridized carbons (Fsp3) is 0.421. The number of benzene rings is 1. The van der Waals surface area contributed by atoms with Crippen molar-refractivity contribution in [3.05, 3.63) is 41.0 Å². The zero-order valence-corrected chi connectivity index (χ0v) is 14.3. The van der Waals surface area contributed by atoms with Crippen LogP contribution in [0.2, 0.25) is 0 Å². The van der Waals surface area contributed by atoms with Crippen molar-refractivity contribution in [3.63, 3.8) is 0 Å². The fourth-order valence-corrected chi connectivity index (χ4v) is 3.11. The fourth-order valence-electron chi connectivity index (χ4n) is 3.11. The molecule has 5 nitrogen and oxygen atoms in total. The molecule has 2 aliphatic heterocycles. The van der Waals surface area contributed by atoms with Gasteiger partial charge in [0, 0.05) is 18.5 Å². The number of allylic oxidation sites excluding steroid dienone is 1. The maximum atomic E-state index is 12.7. The Bertz CT molecular complexity index is 743. The van der Waals surface area contributed by atoms with Crippen LogP contribution in [-0.2, 0) is 16.1 Å². The molecule has 0 spiro atoms. The zero-order valence-electron chi connectivity index (χ0n) is 14.3. The third-order valence-corrected chi connectivity index (χ3v) is 4.38. The average Bonchev–Trinajstić information content (AvgIpc) is 2.82. The molecule has 1 fully saturated rings. The number of imide groups is 1. The summed E-state index contributed by atoms with van der Waals surface area (Å²) in [6.07, 6.45) is 4.81. The summed E-state index contributed by atoms with van der Waals surface area (Å²) in [5.74, 6) is -0.779. The Kier molecular flexibility index (Phi) is 4.03. The van der Waals surface area contributed by atoms with E-state index in [9.17, 15) is 14.4 Å². The van der Waals surface area contributed by atoms with Crippen LogP contribution in [0.4, 0.5) is 0 Å². The summed E-state index contributed by atoms with van der Waals surface area (Å²) in [6.45, 7) is 6.76. The minimum absolute atomic E-state index is 0.0502. The van der Waals surface area contributed by atoms with E-state index in [1.165, 1.54) is 0 Å². The molecular weight excluding hydrogens is 304 g/mol. The summed E-state index contributed by atoms with van der Waals surface area (Å²) in [6, 6.07) is 5.09. The smallest absolute Gasteiger partial charge is 0.255 e. The summed E-state index contributed by atoms with van der Waals surface area (Å²) in [7, 11) is 0. The highest BCUT2D eigenvalue weighted by molar-refractivity contribution is 6.05. The Labute approximate surface area is 141 Å². The second-order valence-corrected chi connectivity index (χ2v) is 7.47. The van der Waals surface area contributed by atoms with Gasteiger partial charge in [-0.1, -0.05) is 45.1 Å². The van der Waals surface area contributed by atoms with E-state index in [2.05, 4.69) is 32.2 Å². The molecule has 1 aromatic carbocycles. The van der Waals surface area contributed by atoms with Crippen molar-refractivity contribution in [2.75, 3.05) is 0 Å².